The number of likely N-dealkylation sites (tertiary alicyclic amines) is 1. The molecule has 2 N–H and O–H groups in total. The summed E-state index contributed by atoms with van der Waals surface area (Å²) in [6, 6.07) is 10.7. The van der Waals surface area contributed by atoms with Crippen molar-refractivity contribution in [3.8, 4) is 0 Å². The number of carbonyl (C=O) groups is 1. The molecule has 0 spiro atoms. The topological polar surface area (TPSA) is 79.4 Å². The van der Waals surface area contributed by atoms with Gasteiger partial charge in [-0.15, -0.1) is 11.3 Å². The SMILES string of the molecule is COCCCNc1ncnc2sc(C(=O)NC[C@@H](c3ccccc3)N3CCCCC3)c(C)c12. The lowest BCUT2D eigenvalue weighted by molar-refractivity contribution is 0.0928. The van der Waals surface area contributed by atoms with Gasteiger partial charge in [0.25, 0.3) is 5.91 Å². The van der Waals surface area contributed by atoms with E-state index < -0.39 is 0 Å². The van der Waals surface area contributed by atoms with Crippen LogP contribution in [0, 0.1) is 6.92 Å². The second-order valence-corrected chi connectivity index (χ2v) is 9.46. The Bertz CT molecular complexity index is 1050. The quantitative estimate of drug-likeness (QED) is 0.430. The van der Waals surface area contributed by atoms with E-state index in [4.69, 9.17) is 4.74 Å². The lowest BCUT2D eigenvalue weighted by Gasteiger charge is -2.35. The first kappa shape index (κ1) is 23.6. The third kappa shape index (κ3) is 5.69. The van der Waals surface area contributed by atoms with Crippen molar-refractivity contribution in [1.82, 2.24) is 20.2 Å². The number of carbonyl (C=O) groups excluding carboxylic acids is 1. The number of nitrogens with one attached hydrogen (secondary N) is 2. The highest BCUT2D eigenvalue weighted by Crippen LogP contribution is 2.33. The third-order valence-electron chi connectivity index (χ3n) is 6.22. The molecule has 1 amide bonds. The average molecular weight is 468 g/mol. The van der Waals surface area contributed by atoms with Crippen molar-refractivity contribution in [1.29, 1.82) is 0 Å². The maximum Gasteiger partial charge on any atom is 0.261 e. The van der Waals surface area contributed by atoms with E-state index in [1.807, 2.05) is 13.0 Å². The molecule has 3 aromatic rings. The number of methoxy groups -OCH3 is 1. The van der Waals surface area contributed by atoms with Crippen LogP contribution in [0.15, 0.2) is 36.7 Å². The summed E-state index contributed by atoms with van der Waals surface area (Å²) >= 11 is 1.43. The fourth-order valence-electron chi connectivity index (χ4n) is 4.48. The molecular weight excluding hydrogens is 434 g/mol. The van der Waals surface area contributed by atoms with E-state index >= 15 is 0 Å². The molecule has 1 aromatic carbocycles. The highest BCUT2D eigenvalue weighted by atomic mass is 32.1. The zero-order valence-corrected chi connectivity index (χ0v) is 20.3. The number of thiophene rings is 1. The molecule has 1 fully saturated rings. The summed E-state index contributed by atoms with van der Waals surface area (Å²) in [6.45, 7) is 6.17. The van der Waals surface area contributed by atoms with Crippen LogP contribution in [0.25, 0.3) is 10.2 Å². The first-order valence-electron chi connectivity index (χ1n) is 11.7. The van der Waals surface area contributed by atoms with Crippen molar-refractivity contribution in [2.24, 2.45) is 0 Å². The van der Waals surface area contributed by atoms with Gasteiger partial charge in [0.05, 0.1) is 16.3 Å². The van der Waals surface area contributed by atoms with E-state index in [1.54, 1.807) is 13.4 Å². The number of amides is 1. The zero-order chi connectivity index (χ0) is 23.0. The van der Waals surface area contributed by atoms with Crippen LogP contribution in [0.3, 0.4) is 0 Å². The summed E-state index contributed by atoms with van der Waals surface area (Å²) in [5.74, 6) is 0.734. The van der Waals surface area contributed by atoms with Crippen molar-refractivity contribution >= 4 is 33.3 Å². The van der Waals surface area contributed by atoms with Crippen LogP contribution in [-0.2, 0) is 4.74 Å². The van der Waals surface area contributed by atoms with Crippen LogP contribution in [0.1, 0.15) is 52.5 Å². The van der Waals surface area contributed by atoms with E-state index in [0.29, 0.717) is 18.0 Å². The number of benzene rings is 1. The zero-order valence-electron chi connectivity index (χ0n) is 19.5. The predicted molar refractivity (Wildman–Crippen MR) is 134 cm³/mol. The highest BCUT2D eigenvalue weighted by molar-refractivity contribution is 7.20. The first-order valence-corrected chi connectivity index (χ1v) is 12.5. The molecule has 4 rings (SSSR count). The van der Waals surface area contributed by atoms with Gasteiger partial charge >= 0.3 is 0 Å². The van der Waals surface area contributed by atoms with Gasteiger partial charge in [-0.1, -0.05) is 36.8 Å². The standard InChI is InChI=1S/C25H33N5O2S/c1-18-21-23(26-12-9-15-32-2)28-17-29-25(21)33-22(18)24(31)27-16-20(19-10-5-3-6-11-19)30-13-7-4-8-14-30/h3,5-6,10-11,17,20H,4,7-9,12-16H2,1-2H3,(H,27,31)(H,26,28,29)/t20-/m0/s1. The molecule has 7 nitrogen and oxygen atoms in total. The summed E-state index contributed by atoms with van der Waals surface area (Å²) in [5, 5.41) is 7.52. The van der Waals surface area contributed by atoms with Crippen molar-refractivity contribution < 1.29 is 9.53 Å². The number of hydrogen-bond acceptors (Lipinski definition) is 7. The number of anilines is 1. The molecule has 33 heavy (non-hydrogen) atoms. The Morgan fingerprint density at radius 1 is 1.18 bits per heavy atom. The summed E-state index contributed by atoms with van der Waals surface area (Å²) in [5.41, 5.74) is 2.18. The minimum Gasteiger partial charge on any atom is -0.385 e. The molecule has 1 atom stereocenters. The molecule has 0 aliphatic carbocycles. The predicted octanol–water partition coefficient (Wildman–Crippen LogP) is 4.41. The average Bonchev–Trinajstić information content (AvgIpc) is 3.20. The molecule has 0 unspecified atom stereocenters. The Balaban J connectivity index is 1.50. The fourth-order valence-corrected chi connectivity index (χ4v) is 5.54. The van der Waals surface area contributed by atoms with E-state index in [0.717, 1.165) is 47.7 Å². The number of hydrogen-bond donors (Lipinski definition) is 2. The molecular formula is C25H33N5O2S. The number of piperidine rings is 1. The Labute approximate surface area is 199 Å². The van der Waals surface area contributed by atoms with Crippen molar-refractivity contribution in [3.05, 3.63) is 52.7 Å². The second kappa shape index (κ2) is 11.5. The number of fused-ring (bicyclic) bond motifs is 1. The van der Waals surface area contributed by atoms with Gasteiger partial charge < -0.3 is 15.4 Å². The van der Waals surface area contributed by atoms with Gasteiger partial charge in [0.1, 0.15) is 17.0 Å². The fraction of sp³-hybridized carbons (Fsp3) is 0.480. The molecule has 1 saturated heterocycles. The normalized spacial score (nSPS) is 15.5. The summed E-state index contributed by atoms with van der Waals surface area (Å²) < 4.78 is 5.12. The molecule has 0 saturated carbocycles. The smallest absolute Gasteiger partial charge is 0.261 e. The van der Waals surface area contributed by atoms with E-state index in [2.05, 4.69) is 49.8 Å². The van der Waals surface area contributed by atoms with E-state index in [9.17, 15) is 4.79 Å². The minimum absolute atomic E-state index is 0.0428. The van der Waals surface area contributed by atoms with Gasteiger partial charge in [-0.05, 0) is 50.4 Å². The molecule has 2 aromatic heterocycles. The first-order chi connectivity index (χ1) is 16.2. The molecule has 1 aliphatic heterocycles. The van der Waals surface area contributed by atoms with Crippen LogP contribution in [0.5, 0.6) is 0 Å². The lowest BCUT2D eigenvalue weighted by atomic mass is 10.0. The monoisotopic (exact) mass is 467 g/mol. The largest absolute Gasteiger partial charge is 0.385 e. The highest BCUT2D eigenvalue weighted by Gasteiger charge is 2.24. The lowest BCUT2D eigenvalue weighted by Crippen LogP contribution is -2.40. The molecule has 3 heterocycles. The summed E-state index contributed by atoms with van der Waals surface area (Å²) in [7, 11) is 1.70. The Kier molecular flexibility index (Phi) is 8.25. The minimum atomic E-state index is -0.0428. The Morgan fingerprint density at radius 3 is 2.73 bits per heavy atom. The molecule has 0 radical (unpaired) electrons. The molecule has 176 valence electrons. The van der Waals surface area contributed by atoms with Gasteiger partial charge in [0, 0.05) is 26.8 Å². The summed E-state index contributed by atoms with van der Waals surface area (Å²) in [6.07, 6.45) is 6.15. The van der Waals surface area contributed by atoms with Crippen LogP contribution < -0.4 is 10.6 Å². The van der Waals surface area contributed by atoms with Crippen LogP contribution >= 0.6 is 11.3 Å². The number of rotatable bonds is 10. The molecule has 8 heteroatoms. The van der Waals surface area contributed by atoms with Crippen LogP contribution in [0.4, 0.5) is 5.82 Å². The Morgan fingerprint density at radius 2 is 1.97 bits per heavy atom. The van der Waals surface area contributed by atoms with E-state index in [-0.39, 0.29) is 11.9 Å². The maximum atomic E-state index is 13.3. The van der Waals surface area contributed by atoms with Crippen molar-refractivity contribution in [3.63, 3.8) is 0 Å². The van der Waals surface area contributed by atoms with Crippen LogP contribution in [-0.4, -0.2) is 60.7 Å². The van der Waals surface area contributed by atoms with Gasteiger partial charge in [-0.25, -0.2) is 9.97 Å². The van der Waals surface area contributed by atoms with Gasteiger partial charge in [0.15, 0.2) is 0 Å². The number of aryl methyl sites for hydroxylation is 1. The number of ether oxygens (including phenoxy) is 1. The third-order valence-corrected chi connectivity index (χ3v) is 7.42. The van der Waals surface area contributed by atoms with E-state index in [1.165, 1.54) is 36.2 Å². The maximum absolute atomic E-state index is 13.3. The second-order valence-electron chi connectivity index (χ2n) is 8.46. The Hall–Kier alpha value is -2.55. The van der Waals surface area contributed by atoms with Crippen molar-refractivity contribution in [2.75, 3.05) is 45.2 Å². The molecule has 1 aliphatic rings. The van der Waals surface area contributed by atoms with Gasteiger partial charge in [0.2, 0.25) is 0 Å². The van der Waals surface area contributed by atoms with Gasteiger partial charge in [-0.2, -0.15) is 0 Å². The number of aromatic nitrogens is 2. The van der Waals surface area contributed by atoms with Crippen molar-refractivity contribution in [2.45, 2.75) is 38.6 Å². The number of nitrogens with zero attached hydrogens (tertiary/aromatic N) is 3. The van der Waals surface area contributed by atoms with Gasteiger partial charge in [-0.3, -0.25) is 9.69 Å². The molecule has 0 bridgehead atoms. The summed E-state index contributed by atoms with van der Waals surface area (Å²) in [4.78, 5) is 26.1. The van der Waals surface area contributed by atoms with Crippen LogP contribution in [0.2, 0.25) is 0 Å².